The monoisotopic (exact) mass is 276 g/mol. The zero-order valence-electron chi connectivity index (χ0n) is 11.0. The van der Waals surface area contributed by atoms with Crippen LogP contribution in [-0.4, -0.2) is 27.9 Å². The average Bonchev–Trinajstić information content (AvgIpc) is 2.85. The maximum Gasteiger partial charge on any atom is 0.131 e. The third kappa shape index (κ3) is 2.59. The summed E-state index contributed by atoms with van der Waals surface area (Å²) in [5.74, 6) is 0.612. The molecule has 0 amide bonds. The molecule has 0 N–H and O–H groups in total. The first kappa shape index (κ1) is 12.5. The number of aryl methyl sites for hydroxylation is 1. The van der Waals surface area contributed by atoms with Gasteiger partial charge in [0.1, 0.15) is 5.15 Å². The van der Waals surface area contributed by atoms with E-state index in [-0.39, 0.29) is 0 Å². The second-order valence-corrected chi connectivity index (χ2v) is 5.37. The summed E-state index contributed by atoms with van der Waals surface area (Å²) in [7, 11) is 2.02. The third-order valence-corrected chi connectivity index (χ3v) is 4.05. The number of hydrogen-bond donors (Lipinski definition) is 0. The zero-order chi connectivity index (χ0) is 13.2. The Labute approximate surface area is 118 Å². The Morgan fingerprint density at radius 3 is 2.63 bits per heavy atom. The molecule has 0 unspecified atom stereocenters. The number of piperidine rings is 1. The summed E-state index contributed by atoms with van der Waals surface area (Å²) in [5, 5.41) is 4.82. The molecule has 5 heteroatoms. The molecule has 4 nitrogen and oxygen atoms in total. The minimum atomic E-state index is 0.561. The van der Waals surface area contributed by atoms with Gasteiger partial charge in [0.05, 0.1) is 0 Å². The van der Waals surface area contributed by atoms with E-state index in [1.807, 2.05) is 30.1 Å². The maximum atomic E-state index is 5.95. The van der Waals surface area contributed by atoms with Crippen LogP contribution in [-0.2, 0) is 7.05 Å². The van der Waals surface area contributed by atoms with Gasteiger partial charge in [0, 0.05) is 49.8 Å². The standard InChI is InChI=1S/C14H17ClN4/c1-18-13(3-7-17-18)11-4-8-19(9-5-11)12-2-6-16-14(15)10-12/h2-3,6-7,10-11H,4-5,8-9H2,1H3. The highest BCUT2D eigenvalue weighted by Gasteiger charge is 2.22. The average molecular weight is 277 g/mol. The van der Waals surface area contributed by atoms with Crippen molar-refractivity contribution in [3.05, 3.63) is 41.4 Å². The fourth-order valence-electron chi connectivity index (χ4n) is 2.81. The molecule has 100 valence electrons. The molecule has 3 heterocycles. The van der Waals surface area contributed by atoms with Crippen LogP contribution in [0.4, 0.5) is 5.69 Å². The third-order valence-electron chi connectivity index (χ3n) is 3.85. The molecule has 0 aliphatic carbocycles. The van der Waals surface area contributed by atoms with Gasteiger partial charge in [-0.2, -0.15) is 5.10 Å². The van der Waals surface area contributed by atoms with E-state index in [0.717, 1.165) is 25.9 Å². The lowest BCUT2D eigenvalue weighted by Crippen LogP contribution is -2.33. The van der Waals surface area contributed by atoms with Gasteiger partial charge in [0.15, 0.2) is 0 Å². The summed E-state index contributed by atoms with van der Waals surface area (Å²) < 4.78 is 1.99. The van der Waals surface area contributed by atoms with Crippen molar-refractivity contribution in [1.29, 1.82) is 0 Å². The van der Waals surface area contributed by atoms with Crippen molar-refractivity contribution in [3.8, 4) is 0 Å². The van der Waals surface area contributed by atoms with Gasteiger partial charge in [0.2, 0.25) is 0 Å². The van der Waals surface area contributed by atoms with Crippen molar-refractivity contribution in [1.82, 2.24) is 14.8 Å². The number of nitrogens with zero attached hydrogens (tertiary/aromatic N) is 4. The molecule has 2 aromatic rings. The van der Waals surface area contributed by atoms with Crippen molar-refractivity contribution in [2.75, 3.05) is 18.0 Å². The van der Waals surface area contributed by atoms with Crippen LogP contribution in [0.25, 0.3) is 0 Å². The Kier molecular flexibility index (Phi) is 3.42. The van der Waals surface area contributed by atoms with Gasteiger partial charge in [-0.05, 0) is 31.0 Å². The molecule has 2 aromatic heterocycles. The van der Waals surface area contributed by atoms with Crippen LogP contribution < -0.4 is 4.90 Å². The fraction of sp³-hybridized carbons (Fsp3) is 0.429. The molecule has 0 radical (unpaired) electrons. The number of aromatic nitrogens is 3. The molecule has 3 rings (SSSR count). The molecule has 1 fully saturated rings. The molecule has 0 saturated carbocycles. The smallest absolute Gasteiger partial charge is 0.131 e. The van der Waals surface area contributed by atoms with E-state index >= 15 is 0 Å². The van der Waals surface area contributed by atoms with Crippen molar-refractivity contribution in [3.63, 3.8) is 0 Å². The van der Waals surface area contributed by atoms with E-state index < -0.39 is 0 Å². The highest BCUT2D eigenvalue weighted by molar-refractivity contribution is 6.29. The molecule has 19 heavy (non-hydrogen) atoms. The first-order valence-corrected chi connectivity index (χ1v) is 6.96. The summed E-state index contributed by atoms with van der Waals surface area (Å²) in [5.41, 5.74) is 2.51. The Bertz CT molecular complexity index is 558. The Balaban J connectivity index is 1.68. The van der Waals surface area contributed by atoms with E-state index in [1.54, 1.807) is 6.20 Å². The van der Waals surface area contributed by atoms with Gasteiger partial charge in [-0.3, -0.25) is 4.68 Å². The molecular weight excluding hydrogens is 260 g/mol. The number of rotatable bonds is 2. The summed E-state index contributed by atoms with van der Waals surface area (Å²) >= 11 is 5.95. The van der Waals surface area contributed by atoms with E-state index in [1.165, 1.54) is 11.4 Å². The van der Waals surface area contributed by atoms with Gasteiger partial charge in [-0.1, -0.05) is 11.6 Å². The van der Waals surface area contributed by atoms with E-state index in [2.05, 4.69) is 21.0 Å². The minimum absolute atomic E-state index is 0.561. The van der Waals surface area contributed by atoms with Crippen molar-refractivity contribution >= 4 is 17.3 Å². The molecule has 0 spiro atoms. The second-order valence-electron chi connectivity index (χ2n) is 4.98. The van der Waals surface area contributed by atoms with Crippen LogP contribution in [0.5, 0.6) is 0 Å². The fourth-order valence-corrected chi connectivity index (χ4v) is 2.98. The quantitative estimate of drug-likeness (QED) is 0.791. The molecule has 0 atom stereocenters. The Hall–Kier alpha value is -1.55. The maximum absolute atomic E-state index is 5.95. The van der Waals surface area contributed by atoms with Crippen molar-refractivity contribution in [2.24, 2.45) is 7.05 Å². The van der Waals surface area contributed by atoms with Gasteiger partial charge in [-0.15, -0.1) is 0 Å². The van der Waals surface area contributed by atoms with Crippen LogP contribution in [0, 0.1) is 0 Å². The summed E-state index contributed by atoms with van der Waals surface area (Å²) in [4.78, 5) is 6.40. The van der Waals surface area contributed by atoms with E-state index in [0.29, 0.717) is 11.1 Å². The zero-order valence-corrected chi connectivity index (χ0v) is 11.7. The summed E-state index contributed by atoms with van der Waals surface area (Å²) in [6.45, 7) is 2.10. The molecule has 1 saturated heterocycles. The lowest BCUT2D eigenvalue weighted by molar-refractivity contribution is 0.477. The Morgan fingerprint density at radius 1 is 1.21 bits per heavy atom. The number of hydrogen-bond acceptors (Lipinski definition) is 3. The van der Waals surface area contributed by atoms with Crippen LogP contribution in [0.1, 0.15) is 24.5 Å². The van der Waals surface area contributed by atoms with Gasteiger partial charge >= 0.3 is 0 Å². The number of anilines is 1. The summed E-state index contributed by atoms with van der Waals surface area (Å²) in [6, 6.07) is 6.09. The van der Waals surface area contributed by atoms with Crippen molar-refractivity contribution in [2.45, 2.75) is 18.8 Å². The van der Waals surface area contributed by atoms with Gasteiger partial charge in [0.25, 0.3) is 0 Å². The first-order chi connectivity index (χ1) is 9.24. The second kappa shape index (κ2) is 5.21. The lowest BCUT2D eigenvalue weighted by Gasteiger charge is -2.33. The van der Waals surface area contributed by atoms with E-state index in [4.69, 9.17) is 11.6 Å². The van der Waals surface area contributed by atoms with Crippen LogP contribution in [0.15, 0.2) is 30.6 Å². The predicted molar refractivity (Wildman–Crippen MR) is 76.6 cm³/mol. The molecule has 0 aromatic carbocycles. The topological polar surface area (TPSA) is 34.0 Å². The first-order valence-electron chi connectivity index (χ1n) is 6.58. The minimum Gasteiger partial charge on any atom is -0.371 e. The predicted octanol–water partition coefficient (Wildman–Crippen LogP) is 2.85. The molecule has 1 aliphatic heterocycles. The SMILES string of the molecule is Cn1nccc1C1CCN(c2ccnc(Cl)c2)CC1. The highest BCUT2D eigenvalue weighted by Crippen LogP contribution is 2.30. The van der Waals surface area contributed by atoms with Crippen molar-refractivity contribution < 1.29 is 0 Å². The number of pyridine rings is 1. The van der Waals surface area contributed by atoms with Crippen LogP contribution in [0.2, 0.25) is 5.15 Å². The van der Waals surface area contributed by atoms with Gasteiger partial charge < -0.3 is 4.90 Å². The van der Waals surface area contributed by atoms with Gasteiger partial charge in [-0.25, -0.2) is 4.98 Å². The lowest BCUT2D eigenvalue weighted by atomic mass is 9.93. The normalized spacial score (nSPS) is 16.8. The van der Waals surface area contributed by atoms with E-state index in [9.17, 15) is 0 Å². The van der Waals surface area contributed by atoms with Crippen LogP contribution in [0.3, 0.4) is 0 Å². The highest BCUT2D eigenvalue weighted by atomic mass is 35.5. The molecular formula is C14H17ClN4. The summed E-state index contributed by atoms with van der Waals surface area (Å²) in [6.07, 6.45) is 5.95. The number of halogens is 1. The van der Waals surface area contributed by atoms with Crippen LogP contribution >= 0.6 is 11.6 Å². The largest absolute Gasteiger partial charge is 0.371 e. The Morgan fingerprint density at radius 2 is 2.00 bits per heavy atom. The molecule has 0 bridgehead atoms. The molecule has 1 aliphatic rings.